The number of carbonyl (C=O) groups excluding carboxylic acids is 4. The lowest BCUT2D eigenvalue weighted by Gasteiger charge is -2.27. The molecule has 5 N–H and O–H groups in total. The first-order valence-corrected chi connectivity index (χ1v) is 13.3. The summed E-state index contributed by atoms with van der Waals surface area (Å²) < 4.78 is 0. The van der Waals surface area contributed by atoms with Crippen LogP contribution in [0.25, 0.3) is 0 Å². The Hall–Kier alpha value is -2.00. The van der Waals surface area contributed by atoms with Crippen LogP contribution in [-0.4, -0.2) is 58.1 Å². The van der Waals surface area contributed by atoms with E-state index in [0.717, 1.165) is 19.3 Å². The van der Waals surface area contributed by atoms with Gasteiger partial charge in [-0.15, -0.1) is 0 Å². The molecule has 0 rings (SSSR count). The van der Waals surface area contributed by atoms with Crippen molar-refractivity contribution >= 4 is 23.5 Å². The van der Waals surface area contributed by atoms with E-state index in [1.54, 1.807) is 13.8 Å². The fourth-order valence-corrected chi connectivity index (χ4v) is 3.81. The van der Waals surface area contributed by atoms with Crippen molar-refractivity contribution in [2.75, 3.05) is 0 Å². The van der Waals surface area contributed by atoms with Crippen LogP contribution in [0.2, 0.25) is 0 Å². The number of ketones is 1. The summed E-state index contributed by atoms with van der Waals surface area (Å²) in [5.41, 5.74) is 0. The molecule has 3 amide bonds. The number of nitrogens with one attached hydrogen (secondary N) is 3. The molecule has 0 aliphatic carbocycles. The van der Waals surface area contributed by atoms with Crippen LogP contribution in [0.5, 0.6) is 0 Å². The minimum atomic E-state index is -1.65. The molecule has 0 aliphatic rings. The van der Waals surface area contributed by atoms with Gasteiger partial charge in [0.2, 0.25) is 17.7 Å². The number of hydrogen-bond donors (Lipinski definition) is 5. The highest BCUT2D eigenvalue weighted by molar-refractivity contribution is 5.94. The summed E-state index contributed by atoms with van der Waals surface area (Å²) in [6, 6.07) is -2.28. The smallest absolute Gasteiger partial charge is 0.245 e. The molecule has 0 aromatic heterocycles. The normalized spacial score (nSPS) is 14.6. The standard InChI is InChI=1S/C26H49N3O6/c1-6-7-8-9-10-11-12-13-14-15-16-17-21(32)24(33)29-25(34)22(18(2)3)28-26(35)23(19(4)30)27-20(5)31/h18-19,22-24,30,33H,6-17H2,1-5H3,(H,27,31)(H,28,35)(H,29,34)/t19-,22+,23+,24+/m1/s1. The number of amides is 3. The maximum absolute atomic E-state index is 12.6. The van der Waals surface area contributed by atoms with E-state index in [1.165, 1.54) is 58.8 Å². The van der Waals surface area contributed by atoms with E-state index in [4.69, 9.17) is 0 Å². The third-order valence-corrected chi connectivity index (χ3v) is 5.98. The third-order valence-electron chi connectivity index (χ3n) is 5.98. The number of Topliss-reactive ketones (excluding diaryl/α,β-unsaturated/α-hetero) is 1. The first-order valence-electron chi connectivity index (χ1n) is 13.3. The Morgan fingerprint density at radius 3 is 1.54 bits per heavy atom. The van der Waals surface area contributed by atoms with E-state index in [9.17, 15) is 29.4 Å². The Kier molecular flexibility index (Phi) is 18.1. The highest BCUT2D eigenvalue weighted by atomic mass is 16.3. The Bertz CT molecular complexity index is 639. The average molecular weight is 500 g/mol. The average Bonchev–Trinajstić information content (AvgIpc) is 2.78. The first-order chi connectivity index (χ1) is 16.5. The zero-order valence-corrected chi connectivity index (χ0v) is 22.4. The second kappa shape index (κ2) is 19.2. The van der Waals surface area contributed by atoms with Gasteiger partial charge in [-0.25, -0.2) is 0 Å². The number of hydrogen-bond acceptors (Lipinski definition) is 6. The molecule has 0 aromatic rings. The van der Waals surface area contributed by atoms with Gasteiger partial charge in [0.15, 0.2) is 12.0 Å². The van der Waals surface area contributed by atoms with Gasteiger partial charge in [-0.3, -0.25) is 19.2 Å². The predicted molar refractivity (Wildman–Crippen MR) is 136 cm³/mol. The molecule has 204 valence electrons. The fraction of sp³-hybridized carbons (Fsp3) is 0.846. The van der Waals surface area contributed by atoms with E-state index in [0.29, 0.717) is 6.42 Å². The van der Waals surface area contributed by atoms with Gasteiger partial charge in [0.25, 0.3) is 0 Å². The Morgan fingerprint density at radius 2 is 1.11 bits per heavy atom. The number of carbonyl (C=O) groups is 4. The number of unbranched alkanes of at least 4 members (excludes halogenated alkanes) is 10. The van der Waals surface area contributed by atoms with Crippen LogP contribution in [0.4, 0.5) is 0 Å². The molecule has 0 fully saturated rings. The first kappa shape index (κ1) is 33.0. The molecule has 35 heavy (non-hydrogen) atoms. The minimum absolute atomic E-state index is 0.170. The maximum atomic E-state index is 12.6. The molecule has 0 bridgehead atoms. The molecule has 0 aliphatic heterocycles. The van der Waals surface area contributed by atoms with Crippen molar-refractivity contribution in [1.29, 1.82) is 0 Å². The van der Waals surface area contributed by atoms with Crippen molar-refractivity contribution in [1.82, 2.24) is 16.0 Å². The second-order valence-corrected chi connectivity index (χ2v) is 9.81. The summed E-state index contributed by atoms with van der Waals surface area (Å²) >= 11 is 0. The maximum Gasteiger partial charge on any atom is 0.245 e. The Balaban J connectivity index is 4.39. The molecule has 0 aromatic carbocycles. The number of aliphatic hydroxyl groups is 2. The Morgan fingerprint density at radius 1 is 0.657 bits per heavy atom. The molecule has 0 spiro atoms. The largest absolute Gasteiger partial charge is 0.391 e. The topological polar surface area (TPSA) is 145 Å². The number of aliphatic hydroxyl groups excluding tert-OH is 2. The van der Waals surface area contributed by atoms with E-state index in [2.05, 4.69) is 22.9 Å². The van der Waals surface area contributed by atoms with Gasteiger partial charge < -0.3 is 26.2 Å². The molecule has 9 heteroatoms. The van der Waals surface area contributed by atoms with Crippen LogP contribution >= 0.6 is 0 Å². The fourth-order valence-electron chi connectivity index (χ4n) is 3.81. The highest BCUT2D eigenvalue weighted by Crippen LogP contribution is 2.12. The van der Waals surface area contributed by atoms with Crippen LogP contribution < -0.4 is 16.0 Å². The van der Waals surface area contributed by atoms with E-state index in [-0.39, 0.29) is 12.3 Å². The van der Waals surface area contributed by atoms with E-state index < -0.39 is 47.9 Å². The van der Waals surface area contributed by atoms with Crippen molar-refractivity contribution in [3.63, 3.8) is 0 Å². The van der Waals surface area contributed by atoms with Gasteiger partial charge in [0.05, 0.1) is 6.10 Å². The lowest BCUT2D eigenvalue weighted by molar-refractivity contribution is -0.139. The second-order valence-electron chi connectivity index (χ2n) is 9.81. The van der Waals surface area contributed by atoms with Crippen LogP contribution in [0.3, 0.4) is 0 Å². The lowest BCUT2D eigenvalue weighted by atomic mass is 10.0. The lowest BCUT2D eigenvalue weighted by Crippen LogP contribution is -2.59. The van der Waals surface area contributed by atoms with Crippen LogP contribution in [-0.2, 0) is 19.2 Å². The number of rotatable bonds is 20. The van der Waals surface area contributed by atoms with Gasteiger partial charge in [-0.05, 0) is 19.3 Å². The molecular weight excluding hydrogens is 450 g/mol. The summed E-state index contributed by atoms with van der Waals surface area (Å²) in [6.45, 7) is 8.17. The Labute approximate surface area is 211 Å². The molecule has 0 unspecified atom stereocenters. The van der Waals surface area contributed by atoms with Crippen LogP contribution in [0.1, 0.15) is 112 Å². The SMILES string of the molecule is CCCCCCCCCCCCCC(=O)[C@H](O)NC(=O)[C@@H](NC(=O)[C@@H](NC(C)=O)[C@@H](C)O)C(C)C. The third kappa shape index (κ3) is 15.6. The summed E-state index contributed by atoms with van der Waals surface area (Å²) in [5, 5.41) is 27.0. The highest BCUT2D eigenvalue weighted by Gasteiger charge is 2.32. The van der Waals surface area contributed by atoms with Crippen molar-refractivity contribution in [3.8, 4) is 0 Å². The van der Waals surface area contributed by atoms with Crippen LogP contribution in [0, 0.1) is 5.92 Å². The summed E-state index contributed by atoms with van der Waals surface area (Å²) in [6.07, 6.45) is 10.0. The van der Waals surface area contributed by atoms with Gasteiger partial charge in [-0.1, -0.05) is 85.0 Å². The van der Waals surface area contributed by atoms with Crippen molar-refractivity contribution in [2.45, 2.75) is 136 Å². The molecule has 0 saturated carbocycles. The minimum Gasteiger partial charge on any atom is -0.391 e. The zero-order chi connectivity index (χ0) is 26.8. The van der Waals surface area contributed by atoms with Crippen molar-refractivity contribution in [2.24, 2.45) is 5.92 Å². The van der Waals surface area contributed by atoms with Gasteiger partial charge >= 0.3 is 0 Å². The monoisotopic (exact) mass is 499 g/mol. The molecule has 9 nitrogen and oxygen atoms in total. The van der Waals surface area contributed by atoms with Gasteiger partial charge in [0.1, 0.15) is 12.1 Å². The summed E-state index contributed by atoms with van der Waals surface area (Å²) in [5.74, 6) is -2.77. The van der Waals surface area contributed by atoms with E-state index >= 15 is 0 Å². The van der Waals surface area contributed by atoms with Crippen molar-refractivity contribution < 1.29 is 29.4 Å². The summed E-state index contributed by atoms with van der Waals surface area (Å²) in [7, 11) is 0. The molecule has 0 heterocycles. The van der Waals surface area contributed by atoms with Crippen molar-refractivity contribution in [3.05, 3.63) is 0 Å². The quantitative estimate of drug-likeness (QED) is 0.129. The molecule has 0 saturated heterocycles. The van der Waals surface area contributed by atoms with Crippen LogP contribution in [0.15, 0.2) is 0 Å². The zero-order valence-electron chi connectivity index (χ0n) is 22.4. The van der Waals surface area contributed by atoms with Gasteiger partial charge in [-0.2, -0.15) is 0 Å². The van der Waals surface area contributed by atoms with E-state index in [1.807, 2.05) is 0 Å². The molecule has 4 atom stereocenters. The molecule has 0 radical (unpaired) electrons. The summed E-state index contributed by atoms with van der Waals surface area (Å²) in [4.78, 5) is 48.7. The van der Waals surface area contributed by atoms with Gasteiger partial charge in [0, 0.05) is 13.3 Å². The molecular formula is C26H49N3O6. The predicted octanol–water partition coefficient (Wildman–Crippen LogP) is 2.72.